The molecule has 236 valence electrons. The highest BCUT2D eigenvalue weighted by Crippen LogP contribution is 2.15. The second kappa shape index (κ2) is 42.2. The average Bonchev–Trinajstić information content (AvgIpc) is 2.96. The molecular formula is C38H78O. The van der Waals surface area contributed by atoms with E-state index in [-0.39, 0.29) is 0 Å². The number of hydrogen-bond acceptors (Lipinski definition) is 1. The van der Waals surface area contributed by atoms with Gasteiger partial charge in [0.05, 0.1) is 0 Å². The molecule has 0 aliphatic carbocycles. The first-order valence-electron chi connectivity index (χ1n) is 18.5. The molecular weight excluding hydrogens is 472 g/mol. The first-order valence-corrected chi connectivity index (χ1v) is 18.5. The van der Waals surface area contributed by atoms with E-state index in [4.69, 9.17) is 4.74 Å². The zero-order valence-electron chi connectivity index (χ0n) is 27.9. The lowest BCUT2D eigenvalue weighted by atomic mass is 10.0. The van der Waals surface area contributed by atoms with Crippen LogP contribution in [0.2, 0.25) is 0 Å². The van der Waals surface area contributed by atoms with Crippen LogP contribution in [0.4, 0.5) is 0 Å². The Morgan fingerprint density at radius 3 is 0.590 bits per heavy atom. The molecule has 0 aliphatic heterocycles. The van der Waals surface area contributed by atoms with E-state index in [2.05, 4.69) is 27.0 Å². The molecule has 1 nitrogen and oxygen atoms in total. The standard InChI is InChI=1S/C36H74O.C2H4/c1-3-5-7-9-11-13-15-17-19-21-23-25-27-29-31-33-35-37-36-34-32-30-28-26-24-22-20-18-16-14-12-10-8-6-4-2;1-2/h3-36H2,1-2H3;1-2H2. The van der Waals surface area contributed by atoms with Crippen LogP contribution in [0.5, 0.6) is 0 Å². The summed E-state index contributed by atoms with van der Waals surface area (Å²) in [7, 11) is 0. The molecule has 0 spiro atoms. The van der Waals surface area contributed by atoms with Crippen LogP contribution in [0.15, 0.2) is 13.2 Å². The number of rotatable bonds is 34. The predicted octanol–water partition coefficient (Wildman–Crippen LogP) is 14.3. The van der Waals surface area contributed by atoms with Gasteiger partial charge in [-0.2, -0.15) is 0 Å². The van der Waals surface area contributed by atoms with Crippen LogP contribution in [0.25, 0.3) is 0 Å². The number of ether oxygens (including phenoxy) is 1. The molecule has 0 unspecified atom stereocenters. The summed E-state index contributed by atoms with van der Waals surface area (Å²) in [5.41, 5.74) is 0. The molecule has 0 atom stereocenters. The Morgan fingerprint density at radius 2 is 0.410 bits per heavy atom. The van der Waals surface area contributed by atoms with Crippen LogP contribution in [0, 0.1) is 0 Å². The van der Waals surface area contributed by atoms with Crippen molar-refractivity contribution >= 4 is 0 Å². The number of unbranched alkanes of at least 4 members (excludes halogenated alkanes) is 30. The summed E-state index contributed by atoms with van der Waals surface area (Å²) in [6.07, 6.45) is 46.0. The smallest absolute Gasteiger partial charge is 0.0466 e. The van der Waals surface area contributed by atoms with Crippen LogP contribution in [0.3, 0.4) is 0 Å². The minimum absolute atomic E-state index is 0.997. The summed E-state index contributed by atoms with van der Waals surface area (Å²) in [5.74, 6) is 0. The van der Waals surface area contributed by atoms with Crippen molar-refractivity contribution in [2.75, 3.05) is 13.2 Å². The Kier molecular flexibility index (Phi) is 44.2. The van der Waals surface area contributed by atoms with Crippen molar-refractivity contribution in [1.29, 1.82) is 0 Å². The molecule has 0 aromatic heterocycles. The summed E-state index contributed by atoms with van der Waals surface area (Å²) >= 11 is 0. The largest absolute Gasteiger partial charge is 0.381 e. The van der Waals surface area contributed by atoms with Gasteiger partial charge in [0.15, 0.2) is 0 Å². The van der Waals surface area contributed by atoms with Crippen molar-refractivity contribution < 1.29 is 4.74 Å². The fourth-order valence-corrected chi connectivity index (χ4v) is 5.61. The molecule has 0 radical (unpaired) electrons. The lowest BCUT2D eigenvalue weighted by Crippen LogP contribution is -1.97. The van der Waals surface area contributed by atoms with Gasteiger partial charge in [0.1, 0.15) is 0 Å². The third kappa shape index (κ3) is 42.3. The molecule has 0 aromatic carbocycles. The van der Waals surface area contributed by atoms with Crippen molar-refractivity contribution in [2.24, 2.45) is 0 Å². The maximum absolute atomic E-state index is 5.87. The molecule has 0 amide bonds. The van der Waals surface area contributed by atoms with Crippen LogP contribution < -0.4 is 0 Å². The molecule has 0 saturated carbocycles. The second-order valence-corrected chi connectivity index (χ2v) is 12.2. The van der Waals surface area contributed by atoms with E-state index in [9.17, 15) is 0 Å². The monoisotopic (exact) mass is 551 g/mol. The number of hydrogen-bond donors (Lipinski definition) is 0. The Hall–Kier alpha value is -0.300. The molecule has 1 heteroatoms. The van der Waals surface area contributed by atoms with Gasteiger partial charge in [0.25, 0.3) is 0 Å². The third-order valence-corrected chi connectivity index (χ3v) is 8.28. The first kappa shape index (κ1) is 40.8. The molecule has 0 bridgehead atoms. The van der Waals surface area contributed by atoms with Crippen LogP contribution in [-0.2, 0) is 4.74 Å². The van der Waals surface area contributed by atoms with E-state index in [1.165, 1.54) is 205 Å². The van der Waals surface area contributed by atoms with E-state index in [1.54, 1.807) is 0 Å². The Bertz CT molecular complexity index is 345. The van der Waals surface area contributed by atoms with Crippen molar-refractivity contribution in [3.8, 4) is 0 Å². The summed E-state index contributed by atoms with van der Waals surface area (Å²) in [6.45, 7) is 12.6. The molecule has 0 saturated heterocycles. The highest BCUT2D eigenvalue weighted by atomic mass is 16.5. The van der Waals surface area contributed by atoms with Crippen molar-refractivity contribution in [3.05, 3.63) is 13.2 Å². The molecule has 0 N–H and O–H groups in total. The van der Waals surface area contributed by atoms with Crippen LogP contribution >= 0.6 is 0 Å². The molecule has 0 fully saturated rings. The van der Waals surface area contributed by atoms with E-state index < -0.39 is 0 Å². The lowest BCUT2D eigenvalue weighted by Gasteiger charge is -2.06. The van der Waals surface area contributed by atoms with Crippen molar-refractivity contribution in [1.82, 2.24) is 0 Å². The second-order valence-electron chi connectivity index (χ2n) is 12.2. The quantitative estimate of drug-likeness (QED) is 0.0571. The Balaban J connectivity index is 0. The predicted molar refractivity (Wildman–Crippen MR) is 181 cm³/mol. The summed E-state index contributed by atoms with van der Waals surface area (Å²) in [5, 5.41) is 0. The minimum Gasteiger partial charge on any atom is -0.381 e. The van der Waals surface area contributed by atoms with E-state index in [0.29, 0.717) is 0 Å². The highest BCUT2D eigenvalue weighted by Gasteiger charge is 1.97. The summed E-state index contributed by atoms with van der Waals surface area (Å²) in [6, 6.07) is 0. The molecule has 0 aliphatic rings. The maximum Gasteiger partial charge on any atom is 0.0466 e. The van der Waals surface area contributed by atoms with Crippen molar-refractivity contribution in [3.63, 3.8) is 0 Å². The zero-order chi connectivity index (χ0) is 28.7. The fraction of sp³-hybridized carbons (Fsp3) is 0.947. The normalized spacial score (nSPS) is 11.0. The van der Waals surface area contributed by atoms with E-state index in [1.807, 2.05) is 0 Å². The zero-order valence-corrected chi connectivity index (χ0v) is 27.9. The molecule has 39 heavy (non-hydrogen) atoms. The average molecular weight is 551 g/mol. The van der Waals surface area contributed by atoms with Gasteiger partial charge in [-0.1, -0.05) is 206 Å². The molecule has 0 heterocycles. The Morgan fingerprint density at radius 1 is 0.256 bits per heavy atom. The summed E-state index contributed by atoms with van der Waals surface area (Å²) in [4.78, 5) is 0. The fourth-order valence-electron chi connectivity index (χ4n) is 5.61. The van der Waals surface area contributed by atoms with Crippen molar-refractivity contribution in [2.45, 2.75) is 219 Å². The minimum atomic E-state index is 0.997. The maximum atomic E-state index is 5.87. The first-order chi connectivity index (χ1) is 19.4. The van der Waals surface area contributed by atoms with E-state index >= 15 is 0 Å². The summed E-state index contributed by atoms with van der Waals surface area (Å²) < 4.78 is 5.87. The third-order valence-electron chi connectivity index (χ3n) is 8.28. The van der Waals surface area contributed by atoms with Gasteiger partial charge in [0, 0.05) is 13.2 Å². The van der Waals surface area contributed by atoms with Gasteiger partial charge in [-0.3, -0.25) is 0 Å². The van der Waals surface area contributed by atoms with Gasteiger partial charge >= 0.3 is 0 Å². The van der Waals surface area contributed by atoms with Crippen LogP contribution in [-0.4, -0.2) is 13.2 Å². The lowest BCUT2D eigenvalue weighted by molar-refractivity contribution is 0.125. The SMILES string of the molecule is C=C.CCCCCCCCCCCCCCCCCCOCCCCCCCCCCCCCCCCCC. The Labute approximate surface area is 250 Å². The van der Waals surface area contributed by atoms with Gasteiger partial charge in [0.2, 0.25) is 0 Å². The molecule has 0 aromatic rings. The van der Waals surface area contributed by atoms with Gasteiger partial charge in [-0.05, 0) is 12.8 Å². The van der Waals surface area contributed by atoms with Gasteiger partial charge < -0.3 is 4.74 Å². The highest BCUT2D eigenvalue weighted by molar-refractivity contribution is 4.52. The van der Waals surface area contributed by atoms with E-state index in [0.717, 1.165) is 13.2 Å². The van der Waals surface area contributed by atoms with Crippen LogP contribution in [0.1, 0.15) is 219 Å². The van der Waals surface area contributed by atoms with Gasteiger partial charge in [-0.25, -0.2) is 0 Å². The molecule has 0 rings (SSSR count). The topological polar surface area (TPSA) is 9.23 Å². The van der Waals surface area contributed by atoms with Gasteiger partial charge in [-0.15, -0.1) is 13.2 Å².